The zero-order valence-corrected chi connectivity index (χ0v) is 34.5. The highest BCUT2D eigenvalue weighted by Gasteiger charge is 2.58. The predicted molar refractivity (Wildman–Crippen MR) is 196 cm³/mol. The summed E-state index contributed by atoms with van der Waals surface area (Å²) in [6.07, 6.45) is -58.5. The van der Waals surface area contributed by atoms with Gasteiger partial charge in [0, 0.05) is 0 Å². The van der Waals surface area contributed by atoms with Crippen LogP contribution in [0.1, 0.15) is 0 Å². The topological polar surface area (TPSA) is 475 Å². The molecule has 0 radical (unpaired) electrons. The van der Waals surface area contributed by atoms with E-state index in [4.69, 9.17) is 56.8 Å². The van der Waals surface area contributed by atoms with Crippen molar-refractivity contribution in [1.82, 2.24) is 0 Å². The molecule has 0 amide bonds. The van der Waals surface area contributed by atoms with Crippen molar-refractivity contribution in [2.75, 3.05) is 39.6 Å². The van der Waals surface area contributed by atoms with E-state index in [1.165, 1.54) is 0 Å². The van der Waals surface area contributed by atoms with Crippen LogP contribution in [0.5, 0.6) is 0 Å². The van der Waals surface area contributed by atoms with E-state index >= 15 is 0 Å². The molecule has 384 valence electrons. The largest absolute Gasteiger partial charge is 0.394 e. The fourth-order valence-electron chi connectivity index (χ4n) is 8.93. The summed E-state index contributed by atoms with van der Waals surface area (Å²) in [5, 5.41) is 196. The van der Waals surface area contributed by atoms with Crippen LogP contribution in [0, 0.1) is 0 Å². The van der Waals surface area contributed by atoms with E-state index in [0.717, 1.165) is 0 Å². The fourth-order valence-corrected chi connectivity index (χ4v) is 8.93. The summed E-state index contributed by atoms with van der Waals surface area (Å²) in [4.78, 5) is 0. The summed E-state index contributed by atoms with van der Waals surface area (Å²) < 4.78 is 67.9. The summed E-state index contributed by atoms with van der Waals surface area (Å²) in [6, 6.07) is 0. The van der Waals surface area contributed by atoms with E-state index in [2.05, 4.69) is 0 Å². The average Bonchev–Trinajstić information content (AvgIpc) is 3.31. The molecular formula is C36H60O30. The molecule has 18 N–H and O–H groups in total. The summed E-state index contributed by atoms with van der Waals surface area (Å²) in [5.74, 6) is 0. The molecule has 30 nitrogen and oxygen atoms in total. The Morgan fingerprint density at radius 3 is 0.409 bits per heavy atom. The molecular weight excluding hydrogens is 912 g/mol. The van der Waals surface area contributed by atoms with Crippen LogP contribution in [0.2, 0.25) is 0 Å². The zero-order valence-electron chi connectivity index (χ0n) is 34.5. The van der Waals surface area contributed by atoms with Crippen LogP contribution >= 0.6 is 0 Å². The average molecular weight is 973 g/mol. The Kier molecular flexibility index (Phi) is 17.6. The Morgan fingerprint density at radius 1 is 0.182 bits per heavy atom. The highest BCUT2D eigenvalue weighted by atomic mass is 16.8. The minimum Gasteiger partial charge on any atom is -0.394 e. The van der Waals surface area contributed by atoms with Gasteiger partial charge in [-0.25, -0.2) is 0 Å². The number of aliphatic hydroxyl groups excluding tert-OH is 18. The second-order valence-corrected chi connectivity index (χ2v) is 16.8. The summed E-state index contributed by atoms with van der Waals surface area (Å²) >= 11 is 0. The van der Waals surface area contributed by atoms with E-state index < -0.39 is 224 Å². The van der Waals surface area contributed by atoms with Crippen molar-refractivity contribution in [1.29, 1.82) is 0 Å². The number of hydrogen-bond donors (Lipinski definition) is 18. The normalized spacial score (nSPS) is 55.4. The van der Waals surface area contributed by atoms with Gasteiger partial charge >= 0.3 is 0 Å². The van der Waals surface area contributed by atoms with Crippen LogP contribution in [0.3, 0.4) is 0 Å². The van der Waals surface area contributed by atoms with Gasteiger partial charge in [0.2, 0.25) is 0 Å². The summed E-state index contributed by atoms with van der Waals surface area (Å²) in [7, 11) is 0. The molecule has 22 fully saturated rings. The number of hydrogen-bond acceptors (Lipinski definition) is 30. The van der Waals surface area contributed by atoms with Crippen LogP contribution in [0.15, 0.2) is 0 Å². The lowest BCUT2D eigenvalue weighted by Gasteiger charge is -2.50. The monoisotopic (exact) mass is 972 g/mol. The molecule has 0 aromatic carbocycles. The van der Waals surface area contributed by atoms with Gasteiger partial charge < -0.3 is 149 Å². The molecule has 0 saturated carbocycles. The number of rotatable bonds is 6. The Hall–Kier alpha value is -1.20. The molecule has 0 aliphatic carbocycles. The van der Waals surface area contributed by atoms with Crippen LogP contribution in [-0.4, -0.2) is 316 Å². The van der Waals surface area contributed by atoms with Crippen molar-refractivity contribution >= 4 is 0 Å². The molecule has 66 heavy (non-hydrogen) atoms. The van der Waals surface area contributed by atoms with E-state index in [0.29, 0.717) is 0 Å². The van der Waals surface area contributed by atoms with Crippen molar-refractivity contribution in [3.8, 4) is 0 Å². The summed E-state index contributed by atoms with van der Waals surface area (Å²) in [5.41, 5.74) is 0. The highest BCUT2D eigenvalue weighted by Crippen LogP contribution is 2.38. The molecule has 0 spiro atoms. The van der Waals surface area contributed by atoms with Gasteiger partial charge in [-0.1, -0.05) is 0 Å². The maximum Gasteiger partial charge on any atom is 0.187 e. The smallest absolute Gasteiger partial charge is 0.187 e. The second kappa shape index (κ2) is 22.1. The van der Waals surface area contributed by atoms with Crippen LogP contribution in [0.4, 0.5) is 0 Å². The zero-order chi connectivity index (χ0) is 48.0. The molecule has 22 rings (SSSR count). The molecule has 30 atom stereocenters. The molecule has 22 heterocycles. The van der Waals surface area contributed by atoms with Gasteiger partial charge in [0.1, 0.15) is 146 Å². The maximum absolute atomic E-state index is 11.2. The van der Waals surface area contributed by atoms with Crippen LogP contribution < -0.4 is 0 Å². The van der Waals surface area contributed by atoms with E-state index in [1.807, 2.05) is 0 Å². The standard InChI is InChI=1S/C36H60O30/c37-1-7-25-13(43)19(49)31(55-7)62-26-8(2-38)57-33(21(51)15(26)45)64-28-10(4-40)59-35(23(53)17(28)47)66-30-12(6-42)60-36(24(54)18(30)48)65-29-11(5-41)58-34(22(52)16(29)46)63-27-9(3-39)56-32(61-25)20(50)14(27)44/h7-54H,1-6H2/t7-,8-,9-,10-,11-,12-,13-,14-,15-,16-,17-,18-,19-,20-,21-,22-,23-,24?,25-,26-,27?,28?,29-,30?,31?,32?,33?,34?,35?,36?/m1/s1. The minimum absolute atomic E-state index is 0.999. The lowest BCUT2D eigenvalue weighted by Crippen LogP contribution is -2.69. The molecule has 22 aliphatic heterocycles. The fraction of sp³-hybridized carbons (Fsp3) is 1.00. The van der Waals surface area contributed by atoms with Gasteiger partial charge in [0.25, 0.3) is 0 Å². The molecule has 22 aliphatic rings. The quantitative estimate of drug-likeness (QED) is 0.117. The Balaban J connectivity index is 1.19. The van der Waals surface area contributed by atoms with Gasteiger partial charge in [0.05, 0.1) is 39.6 Å². The third kappa shape index (κ3) is 10.0. The number of aliphatic hydroxyl groups is 18. The van der Waals surface area contributed by atoms with Crippen molar-refractivity contribution < 1.29 is 149 Å². The first-order chi connectivity index (χ1) is 31.4. The van der Waals surface area contributed by atoms with Crippen molar-refractivity contribution in [3.05, 3.63) is 0 Å². The Bertz CT molecular complexity index is 1230. The molecule has 22 saturated heterocycles. The molecule has 12 bridgehead atoms. The molecule has 0 aromatic heterocycles. The Morgan fingerprint density at radius 2 is 0.303 bits per heavy atom. The van der Waals surface area contributed by atoms with Crippen molar-refractivity contribution in [2.45, 2.75) is 184 Å². The van der Waals surface area contributed by atoms with Gasteiger partial charge in [0.15, 0.2) is 37.7 Å². The molecule has 30 heteroatoms. The van der Waals surface area contributed by atoms with Gasteiger partial charge in [-0.3, -0.25) is 0 Å². The first kappa shape index (κ1) is 52.6. The highest BCUT2D eigenvalue weighted by molar-refractivity contribution is 5.01. The van der Waals surface area contributed by atoms with E-state index in [-0.39, 0.29) is 0 Å². The van der Waals surface area contributed by atoms with Gasteiger partial charge in [-0.05, 0) is 0 Å². The third-order valence-corrected chi connectivity index (χ3v) is 12.7. The van der Waals surface area contributed by atoms with Crippen molar-refractivity contribution in [3.63, 3.8) is 0 Å². The van der Waals surface area contributed by atoms with Crippen LogP contribution in [-0.2, 0) is 56.8 Å². The second-order valence-electron chi connectivity index (χ2n) is 16.8. The predicted octanol–water partition coefficient (Wildman–Crippen LogP) is -13.1. The third-order valence-electron chi connectivity index (χ3n) is 12.7. The first-order valence-electron chi connectivity index (χ1n) is 21.1. The van der Waals surface area contributed by atoms with Gasteiger partial charge in [-0.2, -0.15) is 0 Å². The maximum atomic E-state index is 11.2. The van der Waals surface area contributed by atoms with E-state index in [1.54, 1.807) is 0 Å². The number of ether oxygens (including phenoxy) is 12. The van der Waals surface area contributed by atoms with E-state index in [9.17, 15) is 91.9 Å². The summed E-state index contributed by atoms with van der Waals surface area (Å²) in [6.45, 7) is -5.99. The van der Waals surface area contributed by atoms with Crippen LogP contribution in [0.25, 0.3) is 0 Å². The Labute approximate surface area is 372 Å². The molecule has 0 aromatic rings. The first-order valence-corrected chi connectivity index (χ1v) is 21.1. The lowest BCUT2D eigenvalue weighted by atomic mass is 9.94. The SMILES string of the molecule is OC[C@H]1OC2O[C@H]3[C@H](O)[C@@H](O)C(OC4[C@@H](CO)OC(O[C@H]5[C@H](O)[C@@H](O)C(O[C@H]6[C@H](O)[C@@H](O)C(OC7[C@@H](CO)OC(OC1[C@H](O)C2O)[C@H](O)[C@H]7O)O[C@@H]6CO)O[C@@H]5CO)[C@H](O)[C@H]4O)O[C@@H]3CO. The molecule has 10 unspecified atom stereocenters. The lowest BCUT2D eigenvalue weighted by molar-refractivity contribution is -0.404. The van der Waals surface area contributed by atoms with Crippen molar-refractivity contribution in [2.24, 2.45) is 0 Å². The van der Waals surface area contributed by atoms with Gasteiger partial charge in [-0.15, -0.1) is 0 Å². The minimum atomic E-state index is -2.15.